The fourth-order valence-corrected chi connectivity index (χ4v) is 4.25. The van der Waals surface area contributed by atoms with Crippen molar-refractivity contribution in [1.29, 1.82) is 0 Å². The zero-order valence-corrected chi connectivity index (χ0v) is 18.5. The summed E-state index contributed by atoms with van der Waals surface area (Å²) in [5, 5.41) is 2.93. The minimum absolute atomic E-state index is 0.119. The van der Waals surface area contributed by atoms with E-state index in [-0.39, 0.29) is 17.9 Å². The molecule has 0 saturated carbocycles. The fourth-order valence-electron chi connectivity index (χ4n) is 3.98. The van der Waals surface area contributed by atoms with Gasteiger partial charge in [0.2, 0.25) is 11.8 Å². The van der Waals surface area contributed by atoms with Gasteiger partial charge in [-0.05, 0) is 54.9 Å². The van der Waals surface area contributed by atoms with E-state index in [1.54, 1.807) is 0 Å². The third kappa shape index (κ3) is 6.70. The molecular weight excluding hydrogens is 428 g/mol. The van der Waals surface area contributed by atoms with Gasteiger partial charge >= 0.3 is 0 Å². The summed E-state index contributed by atoms with van der Waals surface area (Å²) in [6, 6.07) is 18.1. The van der Waals surface area contributed by atoms with Crippen LogP contribution < -0.4 is 5.32 Å². The van der Waals surface area contributed by atoms with Gasteiger partial charge in [0.15, 0.2) is 0 Å². The topological polar surface area (TPSA) is 49.4 Å². The van der Waals surface area contributed by atoms with Crippen LogP contribution >= 0.6 is 15.9 Å². The Kier molecular flexibility index (Phi) is 7.87. The Morgan fingerprint density at radius 2 is 1.72 bits per heavy atom. The molecule has 2 aromatic carbocycles. The Hall–Kier alpha value is -2.14. The lowest BCUT2D eigenvalue weighted by Gasteiger charge is -2.33. The van der Waals surface area contributed by atoms with Gasteiger partial charge in [-0.3, -0.25) is 9.59 Å². The number of carbonyl (C=O) groups excluding carboxylic acids is 2. The normalized spacial score (nSPS) is 15.7. The van der Waals surface area contributed by atoms with Crippen LogP contribution in [-0.4, -0.2) is 29.8 Å². The molecule has 4 nitrogen and oxygen atoms in total. The predicted molar refractivity (Wildman–Crippen MR) is 119 cm³/mol. The van der Waals surface area contributed by atoms with Gasteiger partial charge in [0.25, 0.3) is 0 Å². The van der Waals surface area contributed by atoms with Gasteiger partial charge in [0.05, 0.1) is 12.5 Å². The summed E-state index contributed by atoms with van der Waals surface area (Å²) in [7, 11) is 0. The van der Waals surface area contributed by atoms with E-state index in [2.05, 4.69) is 51.6 Å². The number of nitrogens with zero attached hydrogens (tertiary/aromatic N) is 1. The van der Waals surface area contributed by atoms with E-state index in [9.17, 15) is 9.59 Å². The molecule has 0 bridgehead atoms. The summed E-state index contributed by atoms with van der Waals surface area (Å²) in [5.74, 6) is 0.676. The van der Waals surface area contributed by atoms with Gasteiger partial charge in [-0.25, -0.2) is 0 Å². The Morgan fingerprint density at radius 3 is 2.34 bits per heavy atom. The highest BCUT2D eigenvalue weighted by molar-refractivity contribution is 9.10. The molecule has 0 aliphatic carbocycles. The number of nitrogens with one attached hydrogen (secondary N) is 1. The van der Waals surface area contributed by atoms with Crippen LogP contribution in [0.1, 0.15) is 49.8 Å². The van der Waals surface area contributed by atoms with Crippen LogP contribution in [-0.2, 0) is 16.0 Å². The van der Waals surface area contributed by atoms with Crippen LogP contribution in [0.5, 0.6) is 0 Å². The summed E-state index contributed by atoms with van der Waals surface area (Å²) < 4.78 is 0.978. The SMILES string of the molecule is CC(=O)NC(CC(=O)N1CCC(CCc2ccccc2)CC1)c1ccc(Br)cc1. The summed E-state index contributed by atoms with van der Waals surface area (Å²) in [5.41, 5.74) is 2.34. The van der Waals surface area contributed by atoms with Crippen molar-refractivity contribution in [2.24, 2.45) is 5.92 Å². The van der Waals surface area contributed by atoms with Gasteiger partial charge < -0.3 is 10.2 Å². The van der Waals surface area contributed by atoms with E-state index in [1.165, 1.54) is 18.9 Å². The molecule has 1 N–H and O–H groups in total. The summed E-state index contributed by atoms with van der Waals surface area (Å²) in [4.78, 5) is 26.5. The number of amides is 2. The van der Waals surface area contributed by atoms with Crippen molar-refractivity contribution in [3.63, 3.8) is 0 Å². The van der Waals surface area contributed by atoms with Crippen LogP contribution in [0.25, 0.3) is 0 Å². The molecule has 29 heavy (non-hydrogen) atoms. The first-order chi connectivity index (χ1) is 14.0. The van der Waals surface area contributed by atoms with E-state index in [1.807, 2.05) is 29.2 Å². The lowest BCUT2D eigenvalue weighted by molar-refractivity contribution is -0.133. The third-order valence-corrected chi connectivity index (χ3v) is 6.21. The number of halogens is 1. The second-order valence-corrected chi connectivity index (χ2v) is 8.77. The number of hydrogen-bond donors (Lipinski definition) is 1. The van der Waals surface area contributed by atoms with Crippen LogP contribution in [0.15, 0.2) is 59.1 Å². The maximum Gasteiger partial charge on any atom is 0.224 e. The van der Waals surface area contributed by atoms with Crippen molar-refractivity contribution in [3.05, 3.63) is 70.2 Å². The minimum Gasteiger partial charge on any atom is -0.349 e. The molecule has 2 amide bonds. The largest absolute Gasteiger partial charge is 0.349 e. The lowest BCUT2D eigenvalue weighted by Crippen LogP contribution is -2.40. The first kappa shape index (κ1) is 21.6. The maximum absolute atomic E-state index is 12.9. The highest BCUT2D eigenvalue weighted by Crippen LogP contribution is 2.25. The molecule has 0 aromatic heterocycles. The quantitative estimate of drug-likeness (QED) is 0.644. The number of piperidine rings is 1. The molecule has 1 unspecified atom stereocenters. The first-order valence-electron chi connectivity index (χ1n) is 10.4. The molecule has 1 atom stereocenters. The van der Waals surface area contributed by atoms with Crippen LogP contribution in [0.4, 0.5) is 0 Å². The molecular formula is C24H29BrN2O2. The third-order valence-electron chi connectivity index (χ3n) is 5.68. The molecule has 0 spiro atoms. The molecule has 1 fully saturated rings. The first-order valence-corrected chi connectivity index (χ1v) is 11.1. The molecule has 1 aliphatic rings. The van der Waals surface area contributed by atoms with Gasteiger partial charge in [-0.2, -0.15) is 0 Å². The molecule has 154 valence electrons. The smallest absolute Gasteiger partial charge is 0.224 e. The van der Waals surface area contributed by atoms with Crippen molar-refractivity contribution in [2.75, 3.05) is 13.1 Å². The Labute approximate surface area is 181 Å². The Morgan fingerprint density at radius 1 is 1.07 bits per heavy atom. The minimum atomic E-state index is -0.288. The van der Waals surface area contributed by atoms with Gasteiger partial charge in [-0.15, -0.1) is 0 Å². The summed E-state index contributed by atoms with van der Waals surface area (Å²) >= 11 is 3.43. The zero-order chi connectivity index (χ0) is 20.6. The van der Waals surface area contributed by atoms with Crippen LogP contribution in [0.3, 0.4) is 0 Å². The fraction of sp³-hybridized carbons (Fsp3) is 0.417. The van der Waals surface area contributed by atoms with Gasteiger partial charge in [0.1, 0.15) is 0 Å². The second kappa shape index (κ2) is 10.6. The van der Waals surface area contributed by atoms with E-state index < -0.39 is 0 Å². The van der Waals surface area contributed by atoms with Crippen molar-refractivity contribution in [2.45, 2.75) is 45.1 Å². The average Bonchev–Trinajstić information content (AvgIpc) is 2.73. The highest BCUT2D eigenvalue weighted by Gasteiger charge is 2.25. The predicted octanol–water partition coefficient (Wildman–Crippen LogP) is 4.89. The van der Waals surface area contributed by atoms with Crippen molar-refractivity contribution in [1.82, 2.24) is 10.2 Å². The van der Waals surface area contributed by atoms with Crippen LogP contribution in [0.2, 0.25) is 0 Å². The number of carbonyl (C=O) groups is 2. The maximum atomic E-state index is 12.9. The van der Waals surface area contributed by atoms with Crippen LogP contribution in [0, 0.1) is 5.92 Å². The molecule has 2 aromatic rings. The van der Waals surface area contributed by atoms with Crippen molar-refractivity contribution >= 4 is 27.7 Å². The summed E-state index contributed by atoms with van der Waals surface area (Å²) in [6.07, 6.45) is 4.70. The standard InChI is InChI=1S/C24H29BrN2O2/c1-18(28)26-23(21-9-11-22(25)12-10-21)17-24(29)27-15-13-20(14-16-27)8-7-19-5-3-2-4-6-19/h2-6,9-12,20,23H,7-8,13-17H2,1H3,(H,26,28). The molecule has 5 heteroatoms. The van der Waals surface area contributed by atoms with Gasteiger partial charge in [-0.1, -0.05) is 58.4 Å². The monoisotopic (exact) mass is 456 g/mol. The molecule has 0 radical (unpaired) electrons. The van der Waals surface area contributed by atoms with E-state index in [0.29, 0.717) is 12.3 Å². The Bertz CT molecular complexity index is 799. The number of hydrogen-bond acceptors (Lipinski definition) is 2. The second-order valence-electron chi connectivity index (χ2n) is 7.86. The number of likely N-dealkylation sites (tertiary alicyclic amines) is 1. The number of rotatable bonds is 7. The van der Waals surface area contributed by atoms with Crippen molar-refractivity contribution in [3.8, 4) is 0 Å². The average molecular weight is 457 g/mol. The molecule has 1 saturated heterocycles. The van der Waals surface area contributed by atoms with Gasteiger partial charge in [0, 0.05) is 24.5 Å². The molecule has 3 rings (SSSR count). The summed E-state index contributed by atoms with van der Waals surface area (Å²) in [6.45, 7) is 3.12. The highest BCUT2D eigenvalue weighted by atomic mass is 79.9. The number of benzene rings is 2. The Balaban J connectivity index is 1.50. The van der Waals surface area contributed by atoms with Crippen molar-refractivity contribution < 1.29 is 9.59 Å². The molecule has 1 aliphatic heterocycles. The number of aryl methyl sites for hydroxylation is 1. The zero-order valence-electron chi connectivity index (χ0n) is 16.9. The molecule has 1 heterocycles. The van der Waals surface area contributed by atoms with E-state index in [0.717, 1.165) is 42.4 Å². The lowest BCUT2D eigenvalue weighted by atomic mass is 9.90. The van der Waals surface area contributed by atoms with E-state index in [4.69, 9.17) is 0 Å². The van der Waals surface area contributed by atoms with E-state index >= 15 is 0 Å².